The lowest BCUT2D eigenvalue weighted by atomic mass is 10.4. The molecule has 0 amide bonds. The second-order valence-electron chi connectivity index (χ2n) is 2.27. The van der Waals surface area contributed by atoms with Crippen molar-refractivity contribution >= 4 is 0 Å². The van der Waals surface area contributed by atoms with E-state index in [0.29, 0.717) is 6.61 Å². The highest BCUT2D eigenvalue weighted by Gasteiger charge is 2.08. The van der Waals surface area contributed by atoms with Gasteiger partial charge in [0, 0.05) is 13.7 Å². The Labute approximate surface area is 62.3 Å². The summed E-state index contributed by atoms with van der Waals surface area (Å²) in [5.41, 5.74) is 0. The molecule has 0 radical (unpaired) electrons. The normalized spacial score (nSPS) is 18.3. The number of hydrogen-bond donors (Lipinski definition) is 2. The molecule has 0 unspecified atom stereocenters. The molecule has 62 valence electrons. The molecule has 1 fully saturated rings. The summed E-state index contributed by atoms with van der Waals surface area (Å²) in [6.45, 7) is 3.58. The number of aliphatic hydroxyl groups excluding tert-OH is 2. The Morgan fingerprint density at radius 3 is 2.10 bits per heavy atom. The van der Waals surface area contributed by atoms with Crippen molar-refractivity contribution in [3.05, 3.63) is 0 Å². The smallest absolute Gasteiger partial charge is 0.0558 e. The highest BCUT2D eigenvalue weighted by Crippen LogP contribution is 2.04. The van der Waals surface area contributed by atoms with E-state index in [4.69, 9.17) is 10.2 Å². The molecule has 0 aromatic carbocycles. The monoisotopic (exact) mass is 147 g/mol. The summed E-state index contributed by atoms with van der Waals surface area (Å²) in [7, 11) is 1.00. The van der Waals surface area contributed by atoms with Crippen molar-refractivity contribution in [1.29, 1.82) is 0 Å². The predicted molar refractivity (Wildman–Crippen MR) is 40.9 cm³/mol. The van der Waals surface area contributed by atoms with Crippen molar-refractivity contribution in [3.8, 4) is 0 Å². The molecule has 0 bridgehead atoms. The number of aliphatic hydroxyl groups is 2. The molecule has 2 N–H and O–H groups in total. The van der Waals surface area contributed by atoms with E-state index >= 15 is 0 Å². The average Bonchev–Trinajstić information content (AvgIpc) is 2.46. The van der Waals surface area contributed by atoms with Gasteiger partial charge >= 0.3 is 0 Å². The van der Waals surface area contributed by atoms with Crippen LogP contribution in [0.3, 0.4) is 0 Å². The Morgan fingerprint density at radius 1 is 1.20 bits per heavy atom. The third-order valence-electron chi connectivity index (χ3n) is 1.61. The van der Waals surface area contributed by atoms with Gasteiger partial charge in [-0.1, -0.05) is 0 Å². The fourth-order valence-electron chi connectivity index (χ4n) is 1.15. The predicted octanol–water partition coefficient (Wildman–Crippen LogP) is -0.317. The third kappa shape index (κ3) is 3.82. The van der Waals surface area contributed by atoms with Crippen molar-refractivity contribution in [2.45, 2.75) is 12.8 Å². The van der Waals surface area contributed by atoms with E-state index in [1.54, 1.807) is 0 Å². The molecule has 1 rings (SSSR count). The minimum atomic E-state index is 0.319. The van der Waals surface area contributed by atoms with Crippen LogP contribution in [0.2, 0.25) is 0 Å². The van der Waals surface area contributed by atoms with Gasteiger partial charge in [0.25, 0.3) is 0 Å². The molecule has 0 spiro atoms. The van der Waals surface area contributed by atoms with E-state index in [9.17, 15) is 0 Å². The fourth-order valence-corrected chi connectivity index (χ4v) is 1.15. The molecule has 0 aliphatic carbocycles. The number of nitrogens with zero attached hydrogens (tertiary/aromatic N) is 1. The van der Waals surface area contributed by atoms with E-state index in [0.717, 1.165) is 13.7 Å². The maximum Gasteiger partial charge on any atom is 0.0558 e. The van der Waals surface area contributed by atoms with Crippen LogP contribution in [0.25, 0.3) is 0 Å². The molecule has 3 nitrogen and oxygen atoms in total. The number of rotatable bonds is 2. The molecule has 10 heavy (non-hydrogen) atoms. The van der Waals surface area contributed by atoms with Gasteiger partial charge in [-0.05, 0) is 25.9 Å². The highest BCUT2D eigenvalue weighted by atomic mass is 16.3. The topological polar surface area (TPSA) is 43.7 Å². The summed E-state index contributed by atoms with van der Waals surface area (Å²) in [6, 6.07) is 0. The van der Waals surface area contributed by atoms with E-state index in [-0.39, 0.29) is 0 Å². The van der Waals surface area contributed by atoms with Crippen molar-refractivity contribution in [3.63, 3.8) is 0 Å². The van der Waals surface area contributed by atoms with Gasteiger partial charge in [-0.25, -0.2) is 0 Å². The Balaban J connectivity index is 0.000000371. The zero-order valence-corrected chi connectivity index (χ0v) is 6.58. The molecule has 1 saturated heterocycles. The summed E-state index contributed by atoms with van der Waals surface area (Å²) in [4.78, 5) is 2.29. The van der Waals surface area contributed by atoms with E-state index in [1.807, 2.05) is 0 Å². The highest BCUT2D eigenvalue weighted by molar-refractivity contribution is 4.64. The first-order chi connectivity index (χ1) is 4.93. The summed E-state index contributed by atoms with van der Waals surface area (Å²) >= 11 is 0. The number of likely N-dealkylation sites (tertiary alicyclic amines) is 1. The lowest BCUT2D eigenvalue weighted by Gasteiger charge is -2.10. The molecule has 1 heterocycles. The zero-order valence-electron chi connectivity index (χ0n) is 6.58. The molecule has 1 aliphatic heterocycles. The van der Waals surface area contributed by atoms with Gasteiger partial charge in [0.1, 0.15) is 0 Å². The number of β-amino-alcohol motifs (C(OH)–C–C–N with tert-alkyl or cyclic N) is 1. The van der Waals surface area contributed by atoms with Crippen molar-refractivity contribution < 1.29 is 10.2 Å². The van der Waals surface area contributed by atoms with Crippen LogP contribution >= 0.6 is 0 Å². The third-order valence-corrected chi connectivity index (χ3v) is 1.61. The van der Waals surface area contributed by atoms with Crippen LogP contribution < -0.4 is 0 Å². The fraction of sp³-hybridized carbons (Fsp3) is 1.00. The minimum absolute atomic E-state index is 0.319. The van der Waals surface area contributed by atoms with Gasteiger partial charge in [-0.3, -0.25) is 0 Å². The summed E-state index contributed by atoms with van der Waals surface area (Å²) in [5.74, 6) is 0. The Kier molecular flexibility index (Phi) is 6.91. The van der Waals surface area contributed by atoms with Gasteiger partial charge in [0.2, 0.25) is 0 Å². The van der Waals surface area contributed by atoms with Gasteiger partial charge in [-0.2, -0.15) is 0 Å². The first-order valence-electron chi connectivity index (χ1n) is 3.71. The Morgan fingerprint density at radius 2 is 1.70 bits per heavy atom. The van der Waals surface area contributed by atoms with Crippen molar-refractivity contribution in [2.75, 3.05) is 33.4 Å². The molecule has 0 atom stereocenters. The molecule has 3 heteroatoms. The largest absolute Gasteiger partial charge is 0.400 e. The summed E-state index contributed by atoms with van der Waals surface area (Å²) in [5, 5.41) is 15.5. The number of hydrogen-bond acceptors (Lipinski definition) is 3. The van der Waals surface area contributed by atoms with Crippen LogP contribution in [-0.2, 0) is 0 Å². The molecule has 0 aromatic heterocycles. The van der Waals surface area contributed by atoms with Crippen LogP contribution in [0.4, 0.5) is 0 Å². The van der Waals surface area contributed by atoms with Crippen LogP contribution in [0.15, 0.2) is 0 Å². The minimum Gasteiger partial charge on any atom is -0.400 e. The zero-order chi connectivity index (χ0) is 7.82. The lowest BCUT2D eigenvalue weighted by Crippen LogP contribution is -2.22. The standard InChI is InChI=1S/C6H13NO.CH4O/c8-6-5-7-3-1-2-4-7;1-2/h8H,1-6H2;2H,1H3. The van der Waals surface area contributed by atoms with E-state index in [2.05, 4.69) is 4.90 Å². The Bertz CT molecular complexity index is 62.6. The SMILES string of the molecule is CO.OCCN1CCCC1. The molecule has 1 aliphatic rings. The summed E-state index contributed by atoms with van der Waals surface area (Å²) in [6.07, 6.45) is 2.64. The Hall–Kier alpha value is -0.120. The first-order valence-corrected chi connectivity index (χ1v) is 3.71. The van der Waals surface area contributed by atoms with Crippen LogP contribution in [0.1, 0.15) is 12.8 Å². The second kappa shape index (κ2) is 6.99. The quantitative estimate of drug-likeness (QED) is 0.563. The van der Waals surface area contributed by atoms with Gasteiger partial charge in [0.05, 0.1) is 6.61 Å². The molecule has 0 saturated carbocycles. The summed E-state index contributed by atoms with van der Waals surface area (Å²) < 4.78 is 0. The van der Waals surface area contributed by atoms with E-state index < -0.39 is 0 Å². The van der Waals surface area contributed by atoms with Gasteiger partial charge < -0.3 is 15.1 Å². The van der Waals surface area contributed by atoms with Crippen molar-refractivity contribution in [2.24, 2.45) is 0 Å². The van der Waals surface area contributed by atoms with Crippen molar-refractivity contribution in [1.82, 2.24) is 4.90 Å². The molecular formula is C7H17NO2. The first kappa shape index (κ1) is 9.88. The molecule has 0 aromatic rings. The van der Waals surface area contributed by atoms with Crippen LogP contribution in [0, 0.1) is 0 Å². The maximum absolute atomic E-state index is 8.48. The van der Waals surface area contributed by atoms with Gasteiger partial charge in [0.15, 0.2) is 0 Å². The average molecular weight is 147 g/mol. The van der Waals surface area contributed by atoms with Crippen LogP contribution in [0.5, 0.6) is 0 Å². The second-order valence-corrected chi connectivity index (χ2v) is 2.27. The van der Waals surface area contributed by atoms with Crippen LogP contribution in [-0.4, -0.2) is 48.5 Å². The lowest BCUT2D eigenvalue weighted by molar-refractivity contribution is 0.221. The van der Waals surface area contributed by atoms with E-state index in [1.165, 1.54) is 25.9 Å². The van der Waals surface area contributed by atoms with Gasteiger partial charge in [-0.15, -0.1) is 0 Å². The maximum atomic E-state index is 8.48. The molecular weight excluding hydrogens is 130 g/mol.